The molecule has 0 aliphatic heterocycles. The molecule has 1 heterocycles. The molecule has 8 heteroatoms. The van der Waals surface area contributed by atoms with Gasteiger partial charge in [0.1, 0.15) is 0 Å². The van der Waals surface area contributed by atoms with Gasteiger partial charge in [-0.25, -0.2) is 9.78 Å². The zero-order chi connectivity index (χ0) is 17.4. The molecule has 1 aromatic carbocycles. The summed E-state index contributed by atoms with van der Waals surface area (Å²) in [4.78, 5) is 25.7. The molecular weight excluding hydrogens is 314 g/mol. The molecule has 0 N–H and O–H groups in total. The molecule has 1 aromatic heterocycles. The average molecular weight is 327 g/mol. The van der Waals surface area contributed by atoms with Gasteiger partial charge in [0.2, 0.25) is 5.88 Å². The summed E-state index contributed by atoms with van der Waals surface area (Å²) in [6.07, 6.45) is 1.92. The van der Waals surface area contributed by atoms with Gasteiger partial charge in [0.15, 0.2) is 0 Å². The highest BCUT2D eigenvalue weighted by atomic mass is 16.6. The van der Waals surface area contributed by atoms with Gasteiger partial charge in [-0.15, -0.1) is 0 Å². The molecule has 0 bridgehead atoms. The van der Waals surface area contributed by atoms with Crippen molar-refractivity contribution in [2.45, 2.75) is 6.42 Å². The van der Waals surface area contributed by atoms with Gasteiger partial charge in [-0.1, -0.05) is 0 Å². The summed E-state index contributed by atoms with van der Waals surface area (Å²) in [5.41, 5.74) is 0.599. The molecule has 2 aromatic rings. The van der Waals surface area contributed by atoms with Crippen LogP contribution in [0.1, 0.15) is 22.3 Å². The Hall–Kier alpha value is -3.47. The van der Waals surface area contributed by atoms with Crippen molar-refractivity contribution in [3.05, 3.63) is 63.8 Å². The fourth-order valence-electron chi connectivity index (χ4n) is 1.76. The van der Waals surface area contributed by atoms with E-state index in [0.717, 1.165) is 0 Å². The maximum Gasteiger partial charge on any atom is 0.338 e. The van der Waals surface area contributed by atoms with Crippen LogP contribution in [0.2, 0.25) is 0 Å². The molecule has 0 aliphatic rings. The van der Waals surface area contributed by atoms with E-state index in [2.05, 4.69) is 4.98 Å². The molecule has 2 rings (SSSR count). The number of nitro groups is 1. The van der Waals surface area contributed by atoms with Crippen LogP contribution < -0.4 is 4.74 Å². The lowest BCUT2D eigenvalue weighted by Gasteiger charge is -2.06. The number of benzene rings is 1. The molecule has 0 spiro atoms. The van der Waals surface area contributed by atoms with Crippen molar-refractivity contribution in [1.29, 1.82) is 5.26 Å². The van der Waals surface area contributed by atoms with Crippen molar-refractivity contribution in [3.8, 4) is 11.9 Å². The van der Waals surface area contributed by atoms with Crippen LogP contribution in [0.3, 0.4) is 0 Å². The minimum Gasteiger partial charge on any atom is -0.477 e. The van der Waals surface area contributed by atoms with Crippen molar-refractivity contribution in [2.24, 2.45) is 0 Å². The Kier molecular flexibility index (Phi) is 5.80. The smallest absolute Gasteiger partial charge is 0.338 e. The number of rotatable bonds is 7. The molecule has 0 saturated heterocycles. The third-order valence-corrected chi connectivity index (χ3v) is 2.95. The van der Waals surface area contributed by atoms with Crippen LogP contribution in [0.4, 0.5) is 5.69 Å². The van der Waals surface area contributed by atoms with Crippen LogP contribution in [0, 0.1) is 21.4 Å². The summed E-state index contributed by atoms with van der Waals surface area (Å²) >= 11 is 0. The predicted molar refractivity (Wildman–Crippen MR) is 82.4 cm³/mol. The number of pyridine rings is 1. The van der Waals surface area contributed by atoms with E-state index in [-0.39, 0.29) is 24.5 Å². The minimum atomic E-state index is -0.561. The second kappa shape index (κ2) is 8.24. The highest BCUT2D eigenvalue weighted by Crippen LogP contribution is 2.13. The van der Waals surface area contributed by atoms with E-state index in [0.29, 0.717) is 17.9 Å². The summed E-state index contributed by atoms with van der Waals surface area (Å²) in [7, 11) is 0. The number of aromatic nitrogens is 1. The maximum atomic E-state index is 11.8. The number of nitriles is 1. The van der Waals surface area contributed by atoms with Crippen LogP contribution >= 0.6 is 0 Å². The topological polar surface area (TPSA) is 115 Å². The Morgan fingerprint density at radius 1 is 1.25 bits per heavy atom. The van der Waals surface area contributed by atoms with Crippen molar-refractivity contribution in [2.75, 3.05) is 13.2 Å². The lowest BCUT2D eigenvalue weighted by Crippen LogP contribution is -2.09. The van der Waals surface area contributed by atoms with E-state index >= 15 is 0 Å². The monoisotopic (exact) mass is 327 g/mol. The van der Waals surface area contributed by atoms with Gasteiger partial charge in [0, 0.05) is 30.8 Å². The Morgan fingerprint density at radius 3 is 2.67 bits per heavy atom. The van der Waals surface area contributed by atoms with Crippen molar-refractivity contribution < 1.29 is 19.2 Å². The van der Waals surface area contributed by atoms with Gasteiger partial charge in [-0.3, -0.25) is 10.1 Å². The van der Waals surface area contributed by atoms with E-state index in [1.54, 1.807) is 6.07 Å². The zero-order valence-electron chi connectivity index (χ0n) is 12.5. The number of hydrogen-bond donors (Lipinski definition) is 0. The fraction of sp³-hybridized carbons (Fsp3) is 0.188. The number of hydrogen-bond acceptors (Lipinski definition) is 7. The van der Waals surface area contributed by atoms with E-state index in [1.807, 2.05) is 6.07 Å². The van der Waals surface area contributed by atoms with Crippen LogP contribution in [0.5, 0.6) is 5.88 Å². The standard InChI is InChI=1S/C16H13N3O5/c17-11-12-6-7-18-15(10-12)23-8-1-9-24-16(20)13-2-4-14(5-3-13)19(21)22/h2-7,10H,1,8-9H2. The summed E-state index contributed by atoms with van der Waals surface area (Å²) in [6, 6.07) is 10.2. The largest absolute Gasteiger partial charge is 0.477 e. The summed E-state index contributed by atoms with van der Waals surface area (Å²) in [6.45, 7) is 0.406. The van der Waals surface area contributed by atoms with Gasteiger partial charge in [-0.05, 0) is 18.2 Å². The highest BCUT2D eigenvalue weighted by Gasteiger charge is 2.10. The first-order valence-corrected chi connectivity index (χ1v) is 7.00. The number of nitro benzene ring substituents is 1. The molecule has 0 fully saturated rings. The molecule has 0 aliphatic carbocycles. The number of nitrogens with zero attached hydrogens (tertiary/aromatic N) is 3. The first kappa shape index (κ1) is 16.9. The van der Waals surface area contributed by atoms with Gasteiger partial charge < -0.3 is 9.47 Å². The van der Waals surface area contributed by atoms with Gasteiger partial charge in [-0.2, -0.15) is 5.26 Å². The van der Waals surface area contributed by atoms with E-state index in [4.69, 9.17) is 14.7 Å². The quantitative estimate of drug-likeness (QED) is 0.332. The molecule has 8 nitrogen and oxygen atoms in total. The lowest BCUT2D eigenvalue weighted by molar-refractivity contribution is -0.384. The third-order valence-electron chi connectivity index (χ3n) is 2.95. The summed E-state index contributed by atoms with van der Waals surface area (Å²) in [5.74, 6) is -0.231. The predicted octanol–water partition coefficient (Wildman–Crippen LogP) is 2.49. The van der Waals surface area contributed by atoms with Gasteiger partial charge in [0.25, 0.3) is 5.69 Å². The molecule has 122 valence electrons. The van der Waals surface area contributed by atoms with Crippen LogP contribution in [-0.4, -0.2) is 29.1 Å². The maximum absolute atomic E-state index is 11.8. The fourth-order valence-corrected chi connectivity index (χ4v) is 1.76. The van der Waals surface area contributed by atoms with Crippen LogP contribution in [0.15, 0.2) is 42.6 Å². The summed E-state index contributed by atoms with van der Waals surface area (Å²) in [5, 5.41) is 19.3. The lowest BCUT2D eigenvalue weighted by atomic mass is 10.2. The second-order valence-electron chi connectivity index (χ2n) is 4.64. The van der Waals surface area contributed by atoms with Crippen molar-refractivity contribution >= 4 is 11.7 Å². The Balaban J connectivity index is 1.72. The number of esters is 1. The molecule has 0 atom stereocenters. The zero-order valence-corrected chi connectivity index (χ0v) is 12.5. The van der Waals surface area contributed by atoms with Gasteiger partial charge >= 0.3 is 5.97 Å². The molecular formula is C16H13N3O5. The molecule has 0 amide bonds. The summed E-state index contributed by atoms with van der Waals surface area (Å²) < 4.78 is 10.4. The Morgan fingerprint density at radius 2 is 2.00 bits per heavy atom. The Labute approximate surface area is 137 Å². The molecule has 0 radical (unpaired) electrons. The molecule has 0 saturated carbocycles. The number of ether oxygens (including phenoxy) is 2. The number of carbonyl (C=O) groups excluding carboxylic acids is 1. The third kappa shape index (κ3) is 4.78. The minimum absolute atomic E-state index is 0.0907. The molecule has 24 heavy (non-hydrogen) atoms. The SMILES string of the molecule is N#Cc1ccnc(OCCCOC(=O)c2ccc([N+](=O)[O-])cc2)c1. The normalized spacial score (nSPS) is 9.79. The van der Waals surface area contributed by atoms with Crippen LogP contribution in [0.25, 0.3) is 0 Å². The van der Waals surface area contributed by atoms with E-state index in [1.165, 1.54) is 36.5 Å². The number of non-ortho nitro benzene ring substituents is 1. The number of carbonyl (C=O) groups is 1. The van der Waals surface area contributed by atoms with Crippen molar-refractivity contribution in [1.82, 2.24) is 4.98 Å². The van der Waals surface area contributed by atoms with E-state index in [9.17, 15) is 14.9 Å². The van der Waals surface area contributed by atoms with Crippen molar-refractivity contribution in [3.63, 3.8) is 0 Å². The second-order valence-corrected chi connectivity index (χ2v) is 4.64. The first-order chi connectivity index (χ1) is 11.6. The Bertz CT molecular complexity index is 768. The van der Waals surface area contributed by atoms with E-state index < -0.39 is 10.9 Å². The highest BCUT2D eigenvalue weighted by molar-refractivity contribution is 5.89. The van der Waals surface area contributed by atoms with Gasteiger partial charge in [0.05, 0.1) is 35.3 Å². The molecule has 0 unspecified atom stereocenters. The first-order valence-electron chi connectivity index (χ1n) is 7.00. The average Bonchev–Trinajstić information content (AvgIpc) is 2.61. The van der Waals surface area contributed by atoms with Crippen LogP contribution in [-0.2, 0) is 4.74 Å².